The second-order valence-electron chi connectivity index (χ2n) is 5.44. The largest absolute Gasteiger partial charge is 0.378 e. The molecule has 2 aromatic rings. The molecule has 1 atom stereocenters. The van der Waals surface area contributed by atoms with Crippen molar-refractivity contribution in [2.75, 3.05) is 5.32 Å². The lowest BCUT2D eigenvalue weighted by Gasteiger charge is -2.25. The van der Waals surface area contributed by atoms with Gasteiger partial charge < -0.3 is 5.32 Å². The van der Waals surface area contributed by atoms with Crippen molar-refractivity contribution in [2.45, 2.75) is 39.2 Å². The number of anilines is 1. The van der Waals surface area contributed by atoms with Gasteiger partial charge in [0.2, 0.25) is 0 Å². The summed E-state index contributed by atoms with van der Waals surface area (Å²) in [7, 11) is 0. The molecule has 4 heteroatoms. The van der Waals surface area contributed by atoms with Crippen molar-refractivity contribution in [1.29, 1.82) is 0 Å². The second-order valence-corrected chi connectivity index (χ2v) is 8.75. The van der Waals surface area contributed by atoms with Gasteiger partial charge in [-0.05, 0) is 83.9 Å². The number of fused-ring (bicyclic) bond motifs is 1. The third-order valence-electron chi connectivity index (χ3n) is 3.86. The van der Waals surface area contributed by atoms with Gasteiger partial charge in [0.25, 0.3) is 0 Å². The first-order valence-corrected chi connectivity index (χ1v) is 9.26. The van der Waals surface area contributed by atoms with Crippen molar-refractivity contribution >= 4 is 48.9 Å². The van der Waals surface area contributed by atoms with E-state index in [1.807, 2.05) is 11.3 Å². The zero-order valence-corrected chi connectivity index (χ0v) is 15.6. The number of aryl methyl sites for hydroxylation is 3. The van der Waals surface area contributed by atoms with Gasteiger partial charge in [-0.3, -0.25) is 0 Å². The molecule has 1 unspecified atom stereocenters. The highest BCUT2D eigenvalue weighted by Crippen LogP contribution is 2.40. The maximum Gasteiger partial charge on any atom is 0.0705 e. The van der Waals surface area contributed by atoms with Crippen molar-refractivity contribution in [1.82, 2.24) is 0 Å². The molecular formula is C16H17Br2NS. The van der Waals surface area contributed by atoms with Gasteiger partial charge in [-0.25, -0.2) is 0 Å². The Morgan fingerprint density at radius 1 is 1.15 bits per heavy atom. The summed E-state index contributed by atoms with van der Waals surface area (Å²) in [6.07, 6.45) is 3.71. The Hall–Kier alpha value is -0.320. The van der Waals surface area contributed by atoms with Gasteiger partial charge in [-0.2, -0.15) is 0 Å². The van der Waals surface area contributed by atoms with Crippen LogP contribution in [-0.2, 0) is 6.42 Å². The van der Waals surface area contributed by atoms with E-state index in [1.165, 1.54) is 54.8 Å². The summed E-state index contributed by atoms with van der Waals surface area (Å²) in [5.74, 6) is 0. The molecule has 0 aliphatic heterocycles. The van der Waals surface area contributed by atoms with Crippen molar-refractivity contribution in [3.8, 4) is 0 Å². The van der Waals surface area contributed by atoms with Crippen LogP contribution in [0.3, 0.4) is 0 Å². The molecule has 0 spiro atoms. The monoisotopic (exact) mass is 413 g/mol. The van der Waals surface area contributed by atoms with Crippen LogP contribution < -0.4 is 5.32 Å². The van der Waals surface area contributed by atoms with E-state index in [-0.39, 0.29) is 0 Å². The van der Waals surface area contributed by atoms with Crippen LogP contribution in [0.5, 0.6) is 0 Å². The molecule has 106 valence electrons. The maximum absolute atomic E-state index is 3.72. The number of thiophene rings is 1. The van der Waals surface area contributed by atoms with Crippen LogP contribution >= 0.6 is 43.2 Å². The van der Waals surface area contributed by atoms with Crippen LogP contribution in [0.25, 0.3) is 0 Å². The van der Waals surface area contributed by atoms with E-state index in [9.17, 15) is 0 Å². The lowest BCUT2D eigenvalue weighted by atomic mass is 9.93. The standard InChI is InChI=1S/C16H17Br2NS/c1-9-6-11(7-10(2)16(9)18)19-13-4-3-5-14-12(13)8-15(17)20-14/h6-8,13,19H,3-5H2,1-2H3. The van der Waals surface area contributed by atoms with E-state index in [4.69, 9.17) is 0 Å². The first kappa shape index (κ1) is 14.6. The van der Waals surface area contributed by atoms with Gasteiger partial charge in [-0.15, -0.1) is 11.3 Å². The molecule has 1 heterocycles. The number of benzene rings is 1. The summed E-state index contributed by atoms with van der Waals surface area (Å²) in [4.78, 5) is 1.53. The van der Waals surface area contributed by atoms with E-state index < -0.39 is 0 Å². The van der Waals surface area contributed by atoms with Crippen LogP contribution in [0.15, 0.2) is 26.5 Å². The SMILES string of the molecule is Cc1cc(NC2CCCc3sc(Br)cc32)cc(C)c1Br. The van der Waals surface area contributed by atoms with Gasteiger partial charge in [0.1, 0.15) is 0 Å². The van der Waals surface area contributed by atoms with Crippen LogP contribution in [-0.4, -0.2) is 0 Å². The van der Waals surface area contributed by atoms with Crippen molar-refractivity contribution in [3.05, 3.63) is 48.0 Å². The molecule has 1 N–H and O–H groups in total. The Morgan fingerprint density at radius 3 is 2.55 bits per heavy atom. The molecule has 3 rings (SSSR count). The summed E-state index contributed by atoms with van der Waals surface area (Å²) in [6, 6.07) is 7.19. The molecule has 0 saturated carbocycles. The third-order valence-corrected chi connectivity index (χ3v) is 6.83. The van der Waals surface area contributed by atoms with Crippen LogP contribution in [0.2, 0.25) is 0 Å². The van der Waals surface area contributed by atoms with Gasteiger partial charge in [0.05, 0.1) is 9.83 Å². The van der Waals surface area contributed by atoms with E-state index in [1.54, 1.807) is 0 Å². The average Bonchev–Trinajstić information content (AvgIpc) is 2.77. The maximum atomic E-state index is 3.72. The summed E-state index contributed by atoms with van der Waals surface area (Å²) in [5.41, 5.74) is 5.28. The molecule has 0 amide bonds. The smallest absolute Gasteiger partial charge is 0.0705 e. The Kier molecular flexibility index (Phi) is 4.25. The highest BCUT2D eigenvalue weighted by atomic mass is 79.9. The Balaban J connectivity index is 1.89. The summed E-state index contributed by atoms with van der Waals surface area (Å²) >= 11 is 9.14. The van der Waals surface area contributed by atoms with Crippen LogP contribution in [0.4, 0.5) is 5.69 Å². The lowest BCUT2D eigenvalue weighted by Crippen LogP contribution is -2.15. The molecule has 1 aliphatic carbocycles. The minimum atomic E-state index is 0.446. The van der Waals surface area contributed by atoms with E-state index in [2.05, 4.69) is 69.2 Å². The van der Waals surface area contributed by atoms with Crippen molar-refractivity contribution < 1.29 is 0 Å². The zero-order valence-electron chi connectivity index (χ0n) is 11.6. The van der Waals surface area contributed by atoms with Crippen LogP contribution in [0, 0.1) is 13.8 Å². The summed E-state index contributed by atoms with van der Waals surface area (Å²) in [5, 5.41) is 3.72. The molecule has 1 aromatic carbocycles. The molecule has 1 aromatic heterocycles. The highest BCUT2D eigenvalue weighted by molar-refractivity contribution is 9.11. The van der Waals surface area contributed by atoms with Gasteiger partial charge in [-0.1, -0.05) is 15.9 Å². The summed E-state index contributed by atoms with van der Waals surface area (Å²) < 4.78 is 2.46. The first-order chi connectivity index (χ1) is 9.54. The molecule has 0 saturated heterocycles. The van der Waals surface area contributed by atoms with E-state index in [0.717, 1.165) is 0 Å². The molecule has 1 nitrogen and oxygen atoms in total. The predicted molar refractivity (Wildman–Crippen MR) is 94.9 cm³/mol. The fraction of sp³-hybridized carbons (Fsp3) is 0.375. The van der Waals surface area contributed by atoms with Gasteiger partial charge in [0.15, 0.2) is 0 Å². The minimum Gasteiger partial charge on any atom is -0.378 e. The number of rotatable bonds is 2. The van der Waals surface area contributed by atoms with E-state index >= 15 is 0 Å². The number of nitrogens with one attached hydrogen (secondary N) is 1. The van der Waals surface area contributed by atoms with Crippen molar-refractivity contribution in [3.63, 3.8) is 0 Å². The number of halogens is 2. The molecule has 20 heavy (non-hydrogen) atoms. The van der Waals surface area contributed by atoms with Gasteiger partial charge in [0, 0.05) is 15.0 Å². The quantitative estimate of drug-likeness (QED) is 0.600. The lowest BCUT2D eigenvalue weighted by molar-refractivity contribution is 0.608. The Bertz CT molecular complexity index is 625. The predicted octanol–water partition coefficient (Wildman–Crippen LogP) is 6.38. The van der Waals surface area contributed by atoms with Crippen LogP contribution in [0.1, 0.15) is 40.5 Å². The Morgan fingerprint density at radius 2 is 1.85 bits per heavy atom. The minimum absolute atomic E-state index is 0.446. The fourth-order valence-corrected chi connectivity index (χ4v) is 4.95. The van der Waals surface area contributed by atoms with E-state index in [0.29, 0.717) is 6.04 Å². The number of hydrogen-bond donors (Lipinski definition) is 1. The fourth-order valence-electron chi connectivity index (χ4n) is 2.90. The molecule has 0 fully saturated rings. The van der Waals surface area contributed by atoms with Crippen molar-refractivity contribution in [2.24, 2.45) is 0 Å². The third kappa shape index (κ3) is 2.83. The Labute approximate surface area is 141 Å². The van der Waals surface area contributed by atoms with Gasteiger partial charge >= 0.3 is 0 Å². The molecule has 1 aliphatic rings. The normalized spacial score (nSPS) is 17.9. The second kappa shape index (κ2) is 5.82. The summed E-state index contributed by atoms with van der Waals surface area (Å²) in [6.45, 7) is 4.30. The molecule has 0 bridgehead atoms. The topological polar surface area (TPSA) is 12.0 Å². The molecule has 0 radical (unpaired) electrons. The molecular weight excluding hydrogens is 398 g/mol. The highest BCUT2D eigenvalue weighted by Gasteiger charge is 2.22. The number of hydrogen-bond acceptors (Lipinski definition) is 2. The zero-order chi connectivity index (χ0) is 14.3. The average molecular weight is 415 g/mol. The first-order valence-electron chi connectivity index (χ1n) is 6.86.